The quantitative estimate of drug-likeness (QED) is 0.806. The first-order chi connectivity index (χ1) is 8.27. The molecule has 0 radical (unpaired) electrons. The van der Waals surface area contributed by atoms with E-state index in [0.717, 1.165) is 24.2 Å². The molecule has 0 saturated heterocycles. The van der Waals surface area contributed by atoms with Gasteiger partial charge in [0, 0.05) is 24.7 Å². The van der Waals surface area contributed by atoms with Crippen molar-refractivity contribution in [3.05, 3.63) is 30.1 Å². The third kappa shape index (κ3) is 2.65. The van der Waals surface area contributed by atoms with E-state index in [9.17, 15) is 0 Å². The summed E-state index contributed by atoms with van der Waals surface area (Å²) in [5.74, 6) is 1.63. The third-order valence-electron chi connectivity index (χ3n) is 2.94. The number of nitrogens with zero attached hydrogens (tertiary/aromatic N) is 3. The fraction of sp³-hybridized carbons (Fsp3) is 0.571. The van der Waals surface area contributed by atoms with Gasteiger partial charge in [-0.3, -0.25) is 4.98 Å². The summed E-state index contributed by atoms with van der Waals surface area (Å²) in [4.78, 5) is 8.88. The second-order valence-electron chi connectivity index (χ2n) is 3.91. The van der Waals surface area contributed by atoms with Crippen molar-refractivity contribution in [2.45, 2.75) is 53.4 Å². The molecule has 2 aromatic heterocycles. The van der Waals surface area contributed by atoms with E-state index >= 15 is 0 Å². The van der Waals surface area contributed by atoms with E-state index in [1.807, 2.05) is 32.4 Å². The number of rotatable bonds is 3. The van der Waals surface area contributed by atoms with Crippen LogP contribution in [0.1, 0.15) is 58.5 Å². The Labute approximate surface area is 104 Å². The number of fused-ring (bicyclic) bond motifs is 1. The number of hydrogen-bond acceptors (Lipinski definition) is 2. The number of aromatic nitrogens is 3. The summed E-state index contributed by atoms with van der Waals surface area (Å²) < 4.78 is 2.15. The molecule has 17 heavy (non-hydrogen) atoms. The Balaban J connectivity index is 0.000000686. The summed E-state index contributed by atoms with van der Waals surface area (Å²) in [6, 6.07) is 0. The highest BCUT2D eigenvalue weighted by Crippen LogP contribution is 2.23. The molecule has 0 bridgehead atoms. The largest absolute Gasteiger partial charge is 0.300 e. The van der Waals surface area contributed by atoms with Crippen LogP contribution in [-0.4, -0.2) is 14.4 Å². The highest BCUT2D eigenvalue weighted by Gasteiger charge is 2.13. The summed E-state index contributed by atoms with van der Waals surface area (Å²) >= 11 is 0. The molecule has 0 N–H and O–H groups in total. The summed E-state index contributed by atoms with van der Waals surface area (Å²) in [5.41, 5.74) is 2.34. The highest BCUT2D eigenvalue weighted by molar-refractivity contribution is 5.52. The van der Waals surface area contributed by atoms with Gasteiger partial charge in [-0.05, 0) is 6.42 Å². The predicted molar refractivity (Wildman–Crippen MR) is 72.4 cm³/mol. The molecule has 0 aliphatic rings. The van der Waals surface area contributed by atoms with Crippen molar-refractivity contribution < 1.29 is 0 Å². The molecule has 94 valence electrons. The standard InChI is InChI=1S/C12H17N3.C2H6/c1-4-9(3)12-10-8-13-6-7-15(10)11(5-2)14-12;1-2/h6-9H,4-5H2,1-3H3;1-2H3. The lowest BCUT2D eigenvalue weighted by Crippen LogP contribution is -1.93. The molecule has 3 heteroatoms. The lowest BCUT2D eigenvalue weighted by atomic mass is 10.1. The van der Waals surface area contributed by atoms with Gasteiger partial charge < -0.3 is 4.40 Å². The summed E-state index contributed by atoms with van der Waals surface area (Å²) in [7, 11) is 0. The molecule has 3 nitrogen and oxygen atoms in total. The molecular weight excluding hydrogens is 210 g/mol. The van der Waals surface area contributed by atoms with Gasteiger partial charge in [-0.1, -0.05) is 34.6 Å². The van der Waals surface area contributed by atoms with Crippen molar-refractivity contribution in [1.82, 2.24) is 14.4 Å². The molecule has 1 unspecified atom stereocenters. The zero-order chi connectivity index (χ0) is 12.8. The molecule has 0 aromatic carbocycles. The molecule has 0 spiro atoms. The second-order valence-corrected chi connectivity index (χ2v) is 3.91. The van der Waals surface area contributed by atoms with E-state index in [1.165, 1.54) is 5.69 Å². The van der Waals surface area contributed by atoms with Gasteiger partial charge in [0.25, 0.3) is 0 Å². The normalized spacial score (nSPS) is 12.1. The average Bonchev–Trinajstić information content (AvgIpc) is 2.79. The maximum Gasteiger partial charge on any atom is 0.113 e. The molecule has 2 rings (SSSR count). The van der Waals surface area contributed by atoms with Crippen LogP contribution in [0.5, 0.6) is 0 Å². The van der Waals surface area contributed by atoms with E-state index in [4.69, 9.17) is 4.98 Å². The van der Waals surface area contributed by atoms with E-state index in [-0.39, 0.29) is 0 Å². The van der Waals surface area contributed by atoms with Gasteiger partial charge in [0.15, 0.2) is 0 Å². The monoisotopic (exact) mass is 233 g/mol. The fourth-order valence-corrected chi connectivity index (χ4v) is 1.83. The highest BCUT2D eigenvalue weighted by atomic mass is 15.0. The van der Waals surface area contributed by atoms with Crippen LogP contribution in [-0.2, 0) is 6.42 Å². The van der Waals surface area contributed by atoms with E-state index in [2.05, 4.69) is 30.2 Å². The molecule has 0 aliphatic carbocycles. The first-order valence-corrected chi connectivity index (χ1v) is 6.58. The number of aryl methyl sites for hydroxylation is 1. The minimum absolute atomic E-state index is 0.504. The van der Waals surface area contributed by atoms with Gasteiger partial charge in [-0.25, -0.2) is 4.98 Å². The first kappa shape index (κ1) is 13.7. The summed E-state index contributed by atoms with van der Waals surface area (Å²) in [5, 5.41) is 0. The topological polar surface area (TPSA) is 30.2 Å². The maximum atomic E-state index is 4.70. The molecular formula is C14H23N3. The van der Waals surface area contributed by atoms with Crippen molar-refractivity contribution in [3.8, 4) is 0 Å². The Kier molecular flexibility index (Phi) is 5.13. The summed E-state index contributed by atoms with van der Waals surface area (Å²) in [6.45, 7) is 10.5. The van der Waals surface area contributed by atoms with Crippen LogP contribution < -0.4 is 0 Å². The van der Waals surface area contributed by atoms with E-state index in [1.54, 1.807) is 0 Å². The number of hydrogen-bond donors (Lipinski definition) is 0. The van der Waals surface area contributed by atoms with Gasteiger partial charge >= 0.3 is 0 Å². The Morgan fingerprint density at radius 2 is 2.00 bits per heavy atom. The Hall–Kier alpha value is -1.38. The smallest absolute Gasteiger partial charge is 0.113 e. The zero-order valence-electron chi connectivity index (χ0n) is 11.6. The fourth-order valence-electron chi connectivity index (χ4n) is 1.83. The van der Waals surface area contributed by atoms with Crippen LogP contribution in [0.4, 0.5) is 0 Å². The van der Waals surface area contributed by atoms with Gasteiger partial charge in [-0.15, -0.1) is 0 Å². The van der Waals surface area contributed by atoms with Crippen LogP contribution >= 0.6 is 0 Å². The Morgan fingerprint density at radius 1 is 1.29 bits per heavy atom. The van der Waals surface area contributed by atoms with Gasteiger partial charge in [0.05, 0.1) is 17.4 Å². The summed E-state index contributed by atoms with van der Waals surface area (Å²) in [6.07, 6.45) is 7.79. The third-order valence-corrected chi connectivity index (χ3v) is 2.94. The molecule has 0 fully saturated rings. The van der Waals surface area contributed by atoms with Gasteiger partial charge in [0.1, 0.15) is 5.82 Å². The van der Waals surface area contributed by atoms with Crippen molar-refractivity contribution in [2.75, 3.05) is 0 Å². The van der Waals surface area contributed by atoms with E-state index in [0.29, 0.717) is 5.92 Å². The first-order valence-electron chi connectivity index (χ1n) is 6.58. The number of imidazole rings is 1. The molecule has 0 aliphatic heterocycles. The van der Waals surface area contributed by atoms with E-state index < -0.39 is 0 Å². The van der Waals surface area contributed by atoms with Crippen LogP contribution in [0.2, 0.25) is 0 Å². The van der Waals surface area contributed by atoms with Gasteiger partial charge in [0.2, 0.25) is 0 Å². The average molecular weight is 233 g/mol. The minimum Gasteiger partial charge on any atom is -0.300 e. The molecule has 2 heterocycles. The van der Waals surface area contributed by atoms with Crippen molar-refractivity contribution in [3.63, 3.8) is 0 Å². The maximum absolute atomic E-state index is 4.70. The molecule has 1 atom stereocenters. The Bertz CT molecular complexity index is 459. The second kappa shape index (κ2) is 6.38. The zero-order valence-corrected chi connectivity index (χ0v) is 11.6. The lowest BCUT2D eigenvalue weighted by molar-refractivity contribution is 0.715. The van der Waals surface area contributed by atoms with Gasteiger partial charge in [-0.2, -0.15) is 0 Å². The van der Waals surface area contributed by atoms with Crippen molar-refractivity contribution in [1.29, 1.82) is 0 Å². The SMILES string of the molecule is CC.CCc1nc(C(C)CC)c2cnccn12. The molecule has 0 saturated carbocycles. The lowest BCUT2D eigenvalue weighted by Gasteiger charge is -2.04. The van der Waals surface area contributed by atoms with Crippen LogP contribution in [0.25, 0.3) is 5.52 Å². The van der Waals surface area contributed by atoms with Crippen molar-refractivity contribution in [2.24, 2.45) is 0 Å². The molecule has 2 aromatic rings. The van der Waals surface area contributed by atoms with Crippen molar-refractivity contribution >= 4 is 5.52 Å². The predicted octanol–water partition coefficient (Wildman–Crippen LogP) is 3.83. The van der Waals surface area contributed by atoms with Crippen LogP contribution in [0.3, 0.4) is 0 Å². The minimum atomic E-state index is 0.504. The van der Waals surface area contributed by atoms with Crippen LogP contribution in [0.15, 0.2) is 18.6 Å². The molecule has 0 amide bonds. The van der Waals surface area contributed by atoms with Crippen LogP contribution in [0, 0.1) is 0 Å². The Morgan fingerprint density at radius 3 is 2.59 bits per heavy atom.